The molecule has 1 heterocycles. The van der Waals surface area contributed by atoms with Crippen LogP contribution in [0.5, 0.6) is 0 Å². The molecule has 1 N–H and O–H groups in total. The van der Waals surface area contributed by atoms with E-state index in [1.54, 1.807) is 12.1 Å². The number of rotatable bonds is 7. The second-order valence-corrected chi connectivity index (χ2v) is 10.1. The summed E-state index contributed by atoms with van der Waals surface area (Å²) in [6.45, 7) is 4.20. The lowest BCUT2D eigenvalue weighted by Gasteiger charge is -2.17. The standard InChI is InChI=1S/C16H22N2O4S2/c1-2-23(19,20)17-11-13-9-10-18(12-13)24(21,22)16-7-5-15(6-8-16)14-3-4-14/h2,5-8,13-14,17H,1,3-4,9-12H2/t13-/m1/s1. The third-order valence-corrected chi connectivity index (χ3v) is 7.50. The van der Waals surface area contributed by atoms with E-state index in [0.29, 0.717) is 30.3 Å². The van der Waals surface area contributed by atoms with Crippen molar-refractivity contribution in [3.8, 4) is 0 Å². The second-order valence-electron chi connectivity index (χ2n) is 6.42. The van der Waals surface area contributed by atoms with Crippen molar-refractivity contribution in [2.75, 3.05) is 19.6 Å². The molecule has 0 bridgehead atoms. The van der Waals surface area contributed by atoms with Gasteiger partial charge in [-0.15, -0.1) is 0 Å². The molecule has 0 amide bonds. The predicted molar refractivity (Wildman–Crippen MR) is 92.4 cm³/mol. The maximum atomic E-state index is 12.7. The molecule has 1 aliphatic heterocycles. The summed E-state index contributed by atoms with van der Waals surface area (Å²) in [5, 5.41) is 0.859. The van der Waals surface area contributed by atoms with E-state index in [4.69, 9.17) is 0 Å². The molecule has 1 aromatic carbocycles. The van der Waals surface area contributed by atoms with Crippen LogP contribution in [-0.4, -0.2) is 40.8 Å². The summed E-state index contributed by atoms with van der Waals surface area (Å²) < 4.78 is 52.0. The summed E-state index contributed by atoms with van der Waals surface area (Å²) in [7, 11) is -6.99. The van der Waals surface area contributed by atoms with Gasteiger partial charge < -0.3 is 0 Å². The van der Waals surface area contributed by atoms with E-state index in [1.165, 1.54) is 22.7 Å². The minimum Gasteiger partial charge on any atom is -0.211 e. The Bertz CT molecular complexity index is 812. The van der Waals surface area contributed by atoms with E-state index in [1.807, 2.05) is 12.1 Å². The van der Waals surface area contributed by atoms with Gasteiger partial charge in [0.1, 0.15) is 0 Å². The van der Waals surface area contributed by atoms with Gasteiger partial charge in [-0.1, -0.05) is 18.7 Å². The lowest BCUT2D eigenvalue weighted by molar-refractivity contribution is 0.455. The first kappa shape index (κ1) is 17.6. The van der Waals surface area contributed by atoms with Crippen molar-refractivity contribution in [1.82, 2.24) is 9.03 Å². The molecule has 1 aromatic rings. The number of hydrogen-bond acceptors (Lipinski definition) is 4. The van der Waals surface area contributed by atoms with Gasteiger partial charge in [-0.25, -0.2) is 21.6 Å². The summed E-state index contributed by atoms with van der Waals surface area (Å²) in [5.74, 6) is 0.566. The highest BCUT2D eigenvalue weighted by Gasteiger charge is 2.33. The first-order valence-electron chi connectivity index (χ1n) is 8.04. The highest BCUT2D eigenvalue weighted by molar-refractivity contribution is 7.92. The molecule has 3 rings (SSSR count). The lowest BCUT2D eigenvalue weighted by atomic mass is 10.1. The zero-order chi connectivity index (χ0) is 17.4. The molecule has 0 aromatic heterocycles. The van der Waals surface area contributed by atoms with E-state index < -0.39 is 20.0 Å². The van der Waals surface area contributed by atoms with Crippen LogP contribution < -0.4 is 4.72 Å². The topological polar surface area (TPSA) is 83.6 Å². The minimum atomic E-state index is -3.52. The average molecular weight is 370 g/mol. The fourth-order valence-electron chi connectivity index (χ4n) is 2.95. The van der Waals surface area contributed by atoms with Gasteiger partial charge in [0.15, 0.2) is 0 Å². The normalized spacial score (nSPS) is 22.6. The van der Waals surface area contributed by atoms with Crippen LogP contribution in [0, 0.1) is 5.92 Å². The fourth-order valence-corrected chi connectivity index (χ4v) is 5.07. The Labute approximate surface area is 143 Å². The summed E-state index contributed by atoms with van der Waals surface area (Å²) in [6.07, 6.45) is 3.00. The molecule has 1 atom stereocenters. The lowest BCUT2D eigenvalue weighted by Crippen LogP contribution is -2.32. The van der Waals surface area contributed by atoms with Crippen molar-refractivity contribution in [2.45, 2.75) is 30.1 Å². The molecular formula is C16H22N2O4S2. The van der Waals surface area contributed by atoms with Gasteiger partial charge >= 0.3 is 0 Å². The molecule has 0 spiro atoms. The van der Waals surface area contributed by atoms with E-state index in [-0.39, 0.29) is 12.5 Å². The Hall–Kier alpha value is -1.22. The third kappa shape index (κ3) is 3.88. The summed E-state index contributed by atoms with van der Waals surface area (Å²) >= 11 is 0. The maximum Gasteiger partial charge on any atom is 0.243 e. The first-order chi connectivity index (χ1) is 11.3. The average Bonchev–Trinajstić information content (AvgIpc) is 3.30. The second kappa shape index (κ2) is 6.59. The molecule has 1 saturated carbocycles. The highest BCUT2D eigenvalue weighted by atomic mass is 32.2. The predicted octanol–water partition coefficient (Wildman–Crippen LogP) is 1.64. The SMILES string of the molecule is C=CS(=O)(=O)NC[C@H]1CCN(S(=O)(=O)c2ccc(C3CC3)cc2)C1. The monoisotopic (exact) mass is 370 g/mol. The Morgan fingerprint density at radius 3 is 2.38 bits per heavy atom. The van der Waals surface area contributed by atoms with Crippen molar-refractivity contribution < 1.29 is 16.8 Å². The molecule has 24 heavy (non-hydrogen) atoms. The smallest absolute Gasteiger partial charge is 0.211 e. The largest absolute Gasteiger partial charge is 0.243 e. The van der Waals surface area contributed by atoms with Crippen LogP contribution in [0.4, 0.5) is 0 Å². The van der Waals surface area contributed by atoms with Gasteiger partial charge in [-0.2, -0.15) is 4.31 Å². The van der Waals surface area contributed by atoms with Gasteiger partial charge in [-0.05, 0) is 48.8 Å². The zero-order valence-electron chi connectivity index (χ0n) is 13.4. The summed E-state index contributed by atoms with van der Waals surface area (Å²) in [5.41, 5.74) is 1.20. The molecule has 6 nitrogen and oxygen atoms in total. The van der Waals surface area contributed by atoms with E-state index in [2.05, 4.69) is 11.3 Å². The Morgan fingerprint density at radius 2 is 1.79 bits per heavy atom. The molecule has 1 saturated heterocycles. The van der Waals surface area contributed by atoms with E-state index in [0.717, 1.165) is 5.41 Å². The van der Waals surface area contributed by atoms with Gasteiger partial charge in [0.2, 0.25) is 20.0 Å². The Kier molecular flexibility index (Phi) is 4.83. The van der Waals surface area contributed by atoms with Crippen LogP contribution in [0.15, 0.2) is 41.1 Å². The molecule has 2 fully saturated rings. The van der Waals surface area contributed by atoms with E-state index >= 15 is 0 Å². The quantitative estimate of drug-likeness (QED) is 0.791. The summed E-state index contributed by atoms with van der Waals surface area (Å²) in [6, 6.07) is 7.15. The number of hydrogen-bond donors (Lipinski definition) is 1. The molecule has 0 radical (unpaired) electrons. The molecule has 8 heteroatoms. The first-order valence-corrected chi connectivity index (χ1v) is 11.0. The van der Waals surface area contributed by atoms with Crippen molar-refractivity contribution >= 4 is 20.0 Å². The van der Waals surface area contributed by atoms with Crippen LogP contribution in [-0.2, 0) is 20.0 Å². The van der Waals surface area contributed by atoms with Crippen LogP contribution in [0.1, 0.15) is 30.7 Å². The number of benzene rings is 1. The summed E-state index contributed by atoms with van der Waals surface area (Å²) in [4.78, 5) is 0.305. The molecular weight excluding hydrogens is 348 g/mol. The van der Waals surface area contributed by atoms with Crippen molar-refractivity contribution in [3.05, 3.63) is 41.8 Å². The molecule has 132 valence electrons. The zero-order valence-corrected chi connectivity index (χ0v) is 15.0. The Morgan fingerprint density at radius 1 is 1.12 bits per heavy atom. The van der Waals surface area contributed by atoms with Crippen molar-refractivity contribution in [2.24, 2.45) is 5.92 Å². The number of sulfonamides is 2. The third-order valence-electron chi connectivity index (χ3n) is 4.61. The number of nitrogens with one attached hydrogen (secondary N) is 1. The van der Waals surface area contributed by atoms with E-state index in [9.17, 15) is 16.8 Å². The van der Waals surface area contributed by atoms with Crippen LogP contribution in [0.2, 0.25) is 0 Å². The molecule has 2 aliphatic rings. The van der Waals surface area contributed by atoms with Crippen LogP contribution in [0.25, 0.3) is 0 Å². The Balaban J connectivity index is 1.64. The maximum absolute atomic E-state index is 12.7. The minimum absolute atomic E-state index is 0.0276. The van der Waals surface area contributed by atoms with Crippen molar-refractivity contribution in [3.63, 3.8) is 0 Å². The van der Waals surface area contributed by atoms with Gasteiger partial charge in [0, 0.05) is 25.0 Å². The van der Waals surface area contributed by atoms with Gasteiger partial charge in [0.25, 0.3) is 0 Å². The van der Waals surface area contributed by atoms with Crippen LogP contribution >= 0.6 is 0 Å². The fraction of sp³-hybridized carbons (Fsp3) is 0.500. The number of nitrogens with zero attached hydrogens (tertiary/aromatic N) is 1. The van der Waals surface area contributed by atoms with Gasteiger partial charge in [0.05, 0.1) is 4.90 Å². The van der Waals surface area contributed by atoms with Gasteiger partial charge in [-0.3, -0.25) is 0 Å². The highest BCUT2D eigenvalue weighted by Crippen LogP contribution is 2.40. The van der Waals surface area contributed by atoms with Crippen LogP contribution in [0.3, 0.4) is 0 Å². The van der Waals surface area contributed by atoms with Crippen molar-refractivity contribution in [1.29, 1.82) is 0 Å². The molecule has 0 unspecified atom stereocenters. The molecule has 1 aliphatic carbocycles.